The van der Waals surface area contributed by atoms with Crippen LogP contribution in [0.3, 0.4) is 0 Å². The normalized spacial score (nSPS) is 11.9. The third kappa shape index (κ3) is 5.86. The summed E-state index contributed by atoms with van der Waals surface area (Å²) in [5.41, 5.74) is 0.325. The first-order valence-corrected chi connectivity index (χ1v) is 10.7. The first-order chi connectivity index (χ1) is 14.7. The Morgan fingerprint density at radius 2 is 1.74 bits per heavy atom. The number of carbonyl (C=O) groups excluding carboxylic acids is 2. The number of carbonyl (C=O) groups is 2. The number of halogens is 3. The van der Waals surface area contributed by atoms with Crippen LogP contribution >= 0.6 is 22.9 Å². The molecular weight excluding hydrogens is 444 g/mol. The van der Waals surface area contributed by atoms with E-state index in [4.69, 9.17) is 11.6 Å². The monoisotopic (exact) mass is 463 g/mol. The van der Waals surface area contributed by atoms with Crippen molar-refractivity contribution in [3.63, 3.8) is 0 Å². The second-order valence-electron chi connectivity index (χ2n) is 7.22. The minimum Gasteiger partial charge on any atom is -0.340 e. The molecule has 0 spiro atoms. The van der Waals surface area contributed by atoms with E-state index in [2.05, 4.69) is 15.6 Å². The summed E-state index contributed by atoms with van der Waals surface area (Å²) in [6.07, 6.45) is 2.29. The number of hydrogen-bond donors (Lipinski definition) is 2. The van der Waals surface area contributed by atoms with Gasteiger partial charge in [0.05, 0.1) is 0 Å². The Morgan fingerprint density at radius 3 is 2.35 bits per heavy atom. The van der Waals surface area contributed by atoms with E-state index < -0.39 is 35.1 Å². The molecule has 0 aliphatic rings. The third-order valence-corrected chi connectivity index (χ3v) is 5.67. The van der Waals surface area contributed by atoms with Gasteiger partial charge in [-0.3, -0.25) is 9.59 Å². The molecule has 2 amide bonds. The molecule has 0 bridgehead atoms. The number of nitrogens with zero attached hydrogens (tertiary/aromatic N) is 1. The summed E-state index contributed by atoms with van der Waals surface area (Å²) in [7, 11) is 0. The lowest BCUT2D eigenvalue weighted by molar-refractivity contribution is -0.118. The molecular formula is C22H20ClF2N3O2S. The van der Waals surface area contributed by atoms with Crippen molar-refractivity contribution in [2.45, 2.75) is 26.3 Å². The maximum atomic E-state index is 13.9. The van der Waals surface area contributed by atoms with Gasteiger partial charge in [0, 0.05) is 22.5 Å². The molecule has 2 aromatic carbocycles. The van der Waals surface area contributed by atoms with Crippen LogP contribution in [0.1, 0.15) is 34.6 Å². The number of anilines is 1. The van der Waals surface area contributed by atoms with E-state index in [-0.39, 0.29) is 5.92 Å². The number of amides is 2. The number of aromatic nitrogens is 1. The molecule has 3 rings (SSSR count). The van der Waals surface area contributed by atoms with Gasteiger partial charge in [-0.25, -0.2) is 13.8 Å². The second kappa shape index (κ2) is 9.98. The van der Waals surface area contributed by atoms with Gasteiger partial charge >= 0.3 is 0 Å². The maximum Gasteiger partial charge on any atom is 0.257 e. The van der Waals surface area contributed by atoms with E-state index in [1.807, 2.05) is 12.1 Å². The molecule has 3 aromatic rings. The molecule has 0 aliphatic heterocycles. The molecule has 31 heavy (non-hydrogen) atoms. The van der Waals surface area contributed by atoms with Crippen molar-refractivity contribution < 1.29 is 18.4 Å². The zero-order valence-corrected chi connectivity index (χ0v) is 18.4. The van der Waals surface area contributed by atoms with E-state index >= 15 is 0 Å². The Balaban J connectivity index is 1.68. The van der Waals surface area contributed by atoms with Gasteiger partial charge in [0.15, 0.2) is 5.13 Å². The molecule has 1 aromatic heterocycles. The van der Waals surface area contributed by atoms with Crippen LogP contribution in [-0.4, -0.2) is 22.8 Å². The topological polar surface area (TPSA) is 71.1 Å². The predicted molar refractivity (Wildman–Crippen MR) is 117 cm³/mol. The van der Waals surface area contributed by atoms with Crippen molar-refractivity contribution in [1.82, 2.24) is 10.3 Å². The van der Waals surface area contributed by atoms with Crippen molar-refractivity contribution in [3.8, 4) is 0 Å². The van der Waals surface area contributed by atoms with Crippen LogP contribution in [0.15, 0.2) is 48.7 Å². The Hall–Kier alpha value is -2.84. The SMILES string of the molecule is CC(C)[C@H](NC(=O)c1c(F)cccc1F)C(=O)Nc1ncc(Cc2ccc(Cl)cc2)s1. The van der Waals surface area contributed by atoms with Crippen LogP contribution in [0.25, 0.3) is 0 Å². The summed E-state index contributed by atoms with van der Waals surface area (Å²) >= 11 is 7.20. The van der Waals surface area contributed by atoms with Gasteiger partial charge in [0.2, 0.25) is 5.91 Å². The molecule has 0 radical (unpaired) electrons. The molecule has 5 nitrogen and oxygen atoms in total. The van der Waals surface area contributed by atoms with Crippen LogP contribution in [0, 0.1) is 17.6 Å². The number of nitrogens with one attached hydrogen (secondary N) is 2. The largest absolute Gasteiger partial charge is 0.340 e. The van der Waals surface area contributed by atoms with Crippen LogP contribution < -0.4 is 10.6 Å². The highest BCUT2D eigenvalue weighted by Crippen LogP contribution is 2.23. The van der Waals surface area contributed by atoms with E-state index in [0.29, 0.717) is 16.6 Å². The quantitative estimate of drug-likeness (QED) is 0.514. The molecule has 0 saturated carbocycles. The Labute approximate surface area is 187 Å². The molecule has 2 N–H and O–H groups in total. The standard InChI is InChI=1S/C22H20ClF2N3O2S/c1-12(2)19(27-20(29)18-16(24)4-3-5-17(18)25)21(30)28-22-26-11-15(31-22)10-13-6-8-14(23)9-7-13/h3-9,11-12,19H,10H2,1-2H3,(H,27,29)(H,26,28,30)/t19-/m0/s1. The highest BCUT2D eigenvalue weighted by atomic mass is 35.5. The summed E-state index contributed by atoms with van der Waals surface area (Å²) in [4.78, 5) is 30.3. The van der Waals surface area contributed by atoms with Crippen LogP contribution in [0.4, 0.5) is 13.9 Å². The van der Waals surface area contributed by atoms with Crippen molar-refractivity contribution in [2.75, 3.05) is 5.32 Å². The lowest BCUT2D eigenvalue weighted by atomic mass is 10.0. The fourth-order valence-corrected chi connectivity index (χ4v) is 3.87. The van der Waals surface area contributed by atoms with Crippen molar-refractivity contribution in [2.24, 2.45) is 5.92 Å². The Bertz CT molecular complexity index is 1070. The molecule has 0 unspecified atom stereocenters. The molecule has 0 saturated heterocycles. The van der Waals surface area contributed by atoms with Crippen molar-refractivity contribution in [1.29, 1.82) is 0 Å². The first-order valence-electron chi connectivity index (χ1n) is 9.49. The summed E-state index contributed by atoms with van der Waals surface area (Å²) in [6, 6.07) is 9.55. The number of benzene rings is 2. The number of thiazole rings is 1. The number of rotatable bonds is 7. The zero-order valence-electron chi connectivity index (χ0n) is 16.8. The molecule has 0 fully saturated rings. The highest BCUT2D eigenvalue weighted by molar-refractivity contribution is 7.15. The van der Waals surface area contributed by atoms with Gasteiger partial charge in [0.1, 0.15) is 23.2 Å². The molecule has 162 valence electrons. The van der Waals surface area contributed by atoms with Gasteiger partial charge in [-0.1, -0.05) is 43.6 Å². The highest BCUT2D eigenvalue weighted by Gasteiger charge is 2.27. The first kappa shape index (κ1) is 22.8. The van der Waals surface area contributed by atoms with E-state index in [0.717, 1.165) is 28.6 Å². The fourth-order valence-electron chi connectivity index (χ4n) is 2.90. The average molecular weight is 464 g/mol. The smallest absolute Gasteiger partial charge is 0.257 e. The predicted octanol–water partition coefficient (Wildman–Crippen LogP) is 5.06. The second-order valence-corrected chi connectivity index (χ2v) is 8.77. The van der Waals surface area contributed by atoms with Crippen LogP contribution in [0.5, 0.6) is 0 Å². The maximum absolute atomic E-state index is 13.9. The summed E-state index contributed by atoms with van der Waals surface area (Å²) < 4.78 is 27.8. The van der Waals surface area contributed by atoms with Gasteiger partial charge < -0.3 is 10.6 Å². The summed E-state index contributed by atoms with van der Waals surface area (Å²) in [5.74, 6) is -3.83. The third-order valence-electron chi connectivity index (χ3n) is 4.50. The van der Waals surface area contributed by atoms with Gasteiger partial charge in [-0.15, -0.1) is 11.3 Å². The lowest BCUT2D eigenvalue weighted by Crippen LogP contribution is -2.47. The van der Waals surface area contributed by atoms with Gasteiger partial charge in [-0.2, -0.15) is 0 Å². The summed E-state index contributed by atoms with van der Waals surface area (Å²) in [6.45, 7) is 3.44. The summed E-state index contributed by atoms with van der Waals surface area (Å²) in [5, 5.41) is 6.11. The fraction of sp³-hybridized carbons (Fsp3) is 0.227. The molecule has 9 heteroatoms. The lowest BCUT2D eigenvalue weighted by Gasteiger charge is -2.21. The Morgan fingerprint density at radius 1 is 1.10 bits per heavy atom. The molecule has 0 aliphatic carbocycles. The van der Waals surface area contributed by atoms with Crippen molar-refractivity contribution in [3.05, 3.63) is 81.3 Å². The van der Waals surface area contributed by atoms with E-state index in [1.54, 1.807) is 32.2 Å². The van der Waals surface area contributed by atoms with Crippen molar-refractivity contribution >= 4 is 39.9 Å². The number of hydrogen-bond acceptors (Lipinski definition) is 4. The minimum absolute atomic E-state index is 0.327. The molecule has 1 heterocycles. The van der Waals surface area contributed by atoms with E-state index in [9.17, 15) is 18.4 Å². The van der Waals surface area contributed by atoms with Gasteiger partial charge in [-0.05, 0) is 35.7 Å². The molecule has 1 atom stereocenters. The minimum atomic E-state index is -1.00. The zero-order chi connectivity index (χ0) is 22.5. The average Bonchev–Trinajstić information content (AvgIpc) is 3.14. The van der Waals surface area contributed by atoms with E-state index in [1.165, 1.54) is 11.3 Å². The van der Waals surface area contributed by atoms with Gasteiger partial charge in [0.25, 0.3) is 5.91 Å². The Kier molecular flexibility index (Phi) is 7.35. The van der Waals surface area contributed by atoms with Crippen LogP contribution in [0.2, 0.25) is 5.02 Å². The van der Waals surface area contributed by atoms with Crippen LogP contribution in [-0.2, 0) is 11.2 Å².